The van der Waals surface area contributed by atoms with Crippen LogP contribution in [-0.4, -0.2) is 186 Å². The minimum atomic E-state index is -1.01. The van der Waals surface area contributed by atoms with Crippen molar-refractivity contribution in [3.8, 4) is 0 Å². The van der Waals surface area contributed by atoms with Gasteiger partial charge in [-0.3, -0.25) is 0 Å². The Balaban J connectivity index is 0.686. The Morgan fingerprint density at radius 3 is 1.92 bits per heavy atom. The van der Waals surface area contributed by atoms with E-state index in [1.54, 1.807) is 6.08 Å². The van der Waals surface area contributed by atoms with E-state index < -0.39 is 84.6 Å². The maximum Gasteiger partial charge on any atom is 0.171 e. The minimum absolute atomic E-state index is 0.0983. The standard InChI is InChI=1S/C60H84O16/c1-7-8-13-34-14-11-17-41-56(65-34)53(63)57-49(69-41)26-43-40(72-57)21-20-38-39(67-43)19-18-37-35(66-38)15-9-10-16-36-45(68-37)28-50(61)59(6)51(71-36)29-46-47(75-59)25-30(2)24-42-44(70-46)27-48-54(73-42)32(4)52(62)58-55(74-48)31(3)33(5)60(76-58)22-12-23-64-60/h7-11,13-14,18-21,30-58,61-63H,1,12,15-17,22-29H2,2-6H3/t30-,31+,32+,33+,34-,35-,36+,37-,38+,39-,40-,41+,42+,43+,44-,45-,46+,47-,48+,49+,50-,51+,52+,53-,54-,55-,56+,57-,58-,59-,60+/m1/s1. The molecule has 1 spiro atoms. The second-order valence-electron chi connectivity index (χ2n) is 25.1. The quantitative estimate of drug-likeness (QED) is 0.222. The molecule has 420 valence electrons. The first-order valence-electron chi connectivity index (χ1n) is 29.3. The fourth-order valence-electron chi connectivity index (χ4n) is 15.8. The summed E-state index contributed by atoms with van der Waals surface area (Å²) in [7, 11) is 0. The van der Waals surface area contributed by atoms with E-state index in [4.69, 9.17) is 61.6 Å². The van der Waals surface area contributed by atoms with E-state index in [1.165, 1.54) is 0 Å². The SMILES string of the molecule is C=CC=C[C@@H]1C=CC[C@@H]2O[C@H]3C[C@@H]4O[C@@H]5C=C[C@H]6O[C@@H]7C[C@@H](O)[C@@]8(C)O[C@@H]9C[C@H](C)C[C@@H]%10O[C@@H]%11[C@@H](C)[C@H](O)[C@H]%12O[C@@]%13(CCCO%13)[C@@H](C)[C@H](C)[C@H]%12O[C@H]%11C[C@H]%10O[C@H]9C[C@@H]8O[C@H]7CC=CC[C@H]6O[C@H]5C=C[C@H]4O[C@H]3[C@H](O)[C@H]2O1. The molecule has 0 saturated carbocycles. The van der Waals surface area contributed by atoms with Gasteiger partial charge in [-0.2, -0.15) is 0 Å². The zero-order valence-electron chi connectivity index (χ0n) is 44.9. The van der Waals surface area contributed by atoms with Crippen molar-refractivity contribution in [1.29, 1.82) is 0 Å². The maximum absolute atomic E-state index is 12.4. The average molecular weight is 1060 g/mol. The van der Waals surface area contributed by atoms with Gasteiger partial charge >= 0.3 is 0 Å². The summed E-state index contributed by atoms with van der Waals surface area (Å²) in [4.78, 5) is 0. The first-order valence-corrected chi connectivity index (χ1v) is 29.3. The first-order chi connectivity index (χ1) is 36.8. The molecule has 0 unspecified atom stereocenters. The molecule has 31 atom stereocenters. The first kappa shape index (κ1) is 53.1. The number of allylic oxidation sites excluding steroid dienone is 2. The summed E-state index contributed by atoms with van der Waals surface area (Å²) >= 11 is 0. The Morgan fingerprint density at radius 2 is 1.13 bits per heavy atom. The molecule has 9 saturated heterocycles. The predicted octanol–water partition coefficient (Wildman–Crippen LogP) is 5.83. The summed E-state index contributed by atoms with van der Waals surface area (Å²) in [6, 6.07) is 0. The third kappa shape index (κ3) is 9.58. The number of fused-ring (bicyclic) bond motifs is 11. The van der Waals surface area contributed by atoms with Gasteiger partial charge in [-0.05, 0) is 57.3 Å². The second kappa shape index (κ2) is 21.3. The highest BCUT2D eigenvalue weighted by atomic mass is 16.7. The molecular weight excluding hydrogens is 977 g/mol. The van der Waals surface area contributed by atoms with Crippen molar-refractivity contribution in [2.45, 2.75) is 269 Å². The van der Waals surface area contributed by atoms with Crippen molar-refractivity contribution in [2.24, 2.45) is 23.7 Å². The molecule has 0 amide bonds. The van der Waals surface area contributed by atoms with Crippen LogP contribution in [0.15, 0.2) is 73.4 Å². The molecule has 16 nitrogen and oxygen atoms in total. The molecule has 0 radical (unpaired) electrons. The van der Waals surface area contributed by atoms with Crippen molar-refractivity contribution < 1.29 is 76.9 Å². The number of rotatable bonds is 2. The van der Waals surface area contributed by atoms with Crippen LogP contribution >= 0.6 is 0 Å². The van der Waals surface area contributed by atoms with E-state index in [0.29, 0.717) is 51.6 Å². The molecule has 76 heavy (non-hydrogen) atoms. The van der Waals surface area contributed by atoms with Crippen LogP contribution in [0.5, 0.6) is 0 Å². The maximum atomic E-state index is 12.4. The Morgan fingerprint density at radius 1 is 0.500 bits per heavy atom. The Bertz CT molecular complexity index is 2230. The largest absolute Gasteiger partial charge is 0.390 e. The van der Waals surface area contributed by atoms with Crippen molar-refractivity contribution in [3.05, 3.63) is 73.4 Å². The van der Waals surface area contributed by atoms with Crippen molar-refractivity contribution in [2.75, 3.05) is 6.61 Å². The molecule has 0 bridgehead atoms. The molecule has 13 aliphatic heterocycles. The van der Waals surface area contributed by atoms with Crippen LogP contribution in [0.2, 0.25) is 0 Å². The number of ether oxygens (including phenoxy) is 13. The molecule has 3 N–H and O–H groups in total. The van der Waals surface area contributed by atoms with E-state index in [9.17, 15) is 15.3 Å². The van der Waals surface area contributed by atoms with Crippen LogP contribution in [0.3, 0.4) is 0 Å². The van der Waals surface area contributed by atoms with E-state index in [2.05, 4.69) is 64.7 Å². The van der Waals surface area contributed by atoms with Gasteiger partial charge in [0, 0.05) is 43.9 Å². The molecule has 0 aromatic heterocycles. The lowest BCUT2D eigenvalue weighted by atomic mass is 9.76. The third-order valence-corrected chi connectivity index (χ3v) is 20.3. The highest BCUT2D eigenvalue weighted by Gasteiger charge is 2.62. The van der Waals surface area contributed by atoms with Gasteiger partial charge in [0.25, 0.3) is 0 Å². The van der Waals surface area contributed by atoms with Crippen LogP contribution in [0.25, 0.3) is 0 Å². The van der Waals surface area contributed by atoms with Crippen LogP contribution < -0.4 is 0 Å². The number of hydrogen-bond donors (Lipinski definition) is 3. The van der Waals surface area contributed by atoms with Gasteiger partial charge in [0.2, 0.25) is 0 Å². The highest BCUT2D eigenvalue weighted by molar-refractivity contribution is 5.18. The molecule has 0 aromatic carbocycles. The highest BCUT2D eigenvalue weighted by Crippen LogP contribution is 2.52. The van der Waals surface area contributed by atoms with E-state index >= 15 is 0 Å². The van der Waals surface area contributed by atoms with Crippen LogP contribution in [-0.2, 0) is 61.6 Å². The Hall–Kier alpha value is -2.20. The topological polar surface area (TPSA) is 181 Å². The van der Waals surface area contributed by atoms with Gasteiger partial charge in [0.05, 0.1) is 110 Å². The third-order valence-electron chi connectivity index (χ3n) is 20.3. The molecule has 16 heteroatoms. The molecule has 13 heterocycles. The Labute approximate surface area is 448 Å². The lowest BCUT2D eigenvalue weighted by Gasteiger charge is -2.53. The summed E-state index contributed by atoms with van der Waals surface area (Å²) in [5.74, 6) is -0.482. The van der Waals surface area contributed by atoms with Crippen LogP contribution in [0, 0.1) is 23.7 Å². The van der Waals surface area contributed by atoms with Crippen LogP contribution in [0.1, 0.15) is 105 Å². The van der Waals surface area contributed by atoms with Crippen molar-refractivity contribution in [1.82, 2.24) is 0 Å². The Kier molecular flexibility index (Phi) is 14.9. The van der Waals surface area contributed by atoms with E-state index in [1.807, 2.05) is 37.3 Å². The van der Waals surface area contributed by atoms with E-state index in [-0.39, 0.29) is 103 Å². The van der Waals surface area contributed by atoms with Gasteiger partial charge < -0.3 is 76.9 Å². The van der Waals surface area contributed by atoms with Crippen molar-refractivity contribution >= 4 is 0 Å². The average Bonchev–Trinajstić information content (AvgIpc) is 3.62. The zero-order valence-corrected chi connectivity index (χ0v) is 44.9. The van der Waals surface area contributed by atoms with Crippen molar-refractivity contribution in [3.63, 3.8) is 0 Å². The lowest BCUT2D eigenvalue weighted by Crippen LogP contribution is -2.63. The molecule has 13 aliphatic rings. The molecule has 0 aliphatic carbocycles. The number of aliphatic hydroxyl groups excluding tert-OH is 3. The zero-order chi connectivity index (χ0) is 52.2. The fourth-order valence-corrected chi connectivity index (χ4v) is 15.8. The monoisotopic (exact) mass is 1060 g/mol. The number of hydrogen-bond acceptors (Lipinski definition) is 16. The van der Waals surface area contributed by atoms with E-state index in [0.717, 1.165) is 25.7 Å². The molecule has 9 fully saturated rings. The summed E-state index contributed by atoms with van der Waals surface area (Å²) in [6.07, 6.45) is 18.3. The summed E-state index contributed by atoms with van der Waals surface area (Å²) < 4.78 is 89.5. The van der Waals surface area contributed by atoms with Gasteiger partial charge in [0.1, 0.15) is 54.4 Å². The molecular formula is C60H84O16. The smallest absolute Gasteiger partial charge is 0.171 e. The van der Waals surface area contributed by atoms with Gasteiger partial charge in [-0.1, -0.05) is 101 Å². The second-order valence-corrected chi connectivity index (χ2v) is 25.1. The fraction of sp³-hybridized carbons (Fsp3) is 0.800. The van der Waals surface area contributed by atoms with Crippen LogP contribution in [0.4, 0.5) is 0 Å². The van der Waals surface area contributed by atoms with Gasteiger partial charge in [-0.25, -0.2) is 0 Å². The summed E-state index contributed by atoms with van der Waals surface area (Å²) in [6.45, 7) is 15.2. The van der Waals surface area contributed by atoms with Gasteiger partial charge in [0.15, 0.2) is 5.79 Å². The predicted molar refractivity (Wildman–Crippen MR) is 275 cm³/mol. The molecule has 13 rings (SSSR count). The summed E-state index contributed by atoms with van der Waals surface area (Å²) in [5, 5.41) is 36.2. The lowest BCUT2D eigenvalue weighted by molar-refractivity contribution is -0.339. The normalized spacial score (nSPS) is 56.7. The number of aliphatic hydroxyl groups is 3. The minimum Gasteiger partial charge on any atom is -0.390 e. The summed E-state index contributed by atoms with van der Waals surface area (Å²) in [5.41, 5.74) is -1.01. The van der Waals surface area contributed by atoms with Gasteiger partial charge in [-0.15, -0.1) is 0 Å². The molecule has 0 aromatic rings.